The van der Waals surface area contributed by atoms with E-state index in [1.54, 1.807) is 0 Å². The Kier molecular flexibility index (Phi) is 3.99. The van der Waals surface area contributed by atoms with Crippen molar-refractivity contribution in [3.63, 3.8) is 0 Å². The number of benzene rings is 1. The first-order valence-corrected chi connectivity index (χ1v) is 6.00. The summed E-state index contributed by atoms with van der Waals surface area (Å²) in [7, 11) is 0. The number of nitrogens with zero attached hydrogens (tertiary/aromatic N) is 2. The molecule has 4 nitrogen and oxygen atoms in total. The van der Waals surface area contributed by atoms with Crippen LogP contribution in [0.3, 0.4) is 0 Å². The highest BCUT2D eigenvalue weighted by Gasteiger charge is 2.04. The molecule has 0 saturated carbocycles. The zero-order chi connectivity index (χ0) is 12.3. The van der Waals surface area contributed by atoms with Gasteiger partial charge in [0.25, 0.3) is 0 Å². The van der Waals surface area contributed by atoms with Crippen LogP contribution >= 0.6 is 23.2 Å². The Balaban J connectivity index is 2.22. The average Bonchev–Trinajstić information content (AvgIpc) is 2.36. The van der Waals surface area contributed by atoms with E-state index in [1.807, 2.05) is 18.2 Å². The van der Waals surface area contributed by atoms with Gasteiger partial charge in [-0.3, -0.25) is 0 Å². The van der Waals surface area contributed by atoms with E-state index in [2.05, 4.69) is 15.3 Å². The molecule has 6 heteroatoms. The third-order valence-corrected chi connectivity index (χ3v) is 2.96. The summed E-state index contributed by atoms with van der Waals surface area (Å²) in [6.45, 7) is 0.389. The Bertz CT molecular complexity index is 521. The quantitative estimate of drug-likeness (QED) is 0.662. The van der Waals surface area contributed by atoms with Crippen LogP contribution in [0.4, 0.5) is 5.69 Å². The fourth-order valence-corrected chi connectivity index (χ4v) is 1.73. The van der Waals surface area contributed by atoms with Crippen molar-refractivity contribution < 1.29 is 5.11 Å². The number of aliphatic hydroxyl groups is 1. The molecule has 0 spiro atoms. The van der Waals surface area contributed by atoms with Crippen molar-refractivity contribution >= 4 is 39.8 Å². The Hall–Kier alpha value is -1.10. The minimum atomic E-state index is -0.574. The molecule has 90 valence electrons. The molecule has 0 aliphatic rings. The molecule has 0 fully saturated rings. The molecular formula is C11H11Cl2N3O. The second kappa shape index (κ2) is 5.49. The fraction of sp³-hybridized carbons (Fsp3) is 0.273. The van der Waals surface area contributed by atoms with Crippen LogP contribution in [0.15, 0.2) is 24.5 Å². The number of anilines is 1. The van der Waals surface area contributed by atoms with Gasteiger partial charge in [-0.05, 0) is 18.2 Å². The molecule has 2 aromatic rings. The topological polar surface area (TPSA) is 58.0 Å². The number of halogens is 2. The van der Waals surface area contributed by atoms with Crippen LogP contribution < -0.4 is 5.32 Å². The lowest BCUT2D eigenvalue weighted by atomic mass is 10.2. The summed E-state index contributed by atoms with van der Waals surface area (Å²) in [6, 6.07) is 5.56. The second-order valence-electron chi connectivity index (χ2n) is 3.59. The van der Waals surface area contributed by atoms with Gasteiger partial charge in [0.1, 0.15) is 11.5 Å². The number of aromatic nitrogens is 2. The third kappa shape index (κ3) is 2.97. The summed E-state index contributed by atoms with van der Waals surface area (Å²) in [5, 5.41) is 13.6. The minimum Gasteiger partial charge on any atom is -0.390 e. The second-order valence-corrected chi connectivity index (χ2v) is 4.25. The number of fused-ring (bicyclic) bond motifs is 1. The highest BCUT2D eigenvalue weighted by molar-refractivity contribution is 6.34. The highest BCUT2D eigenvalue weighted by atomic mass is 35.5. The number of nitrogens with one attached hydrogen (secondary N) is 1. The van der Waals surface area contributed by atoms with Crippen LogP contribution in [0.1, 0.15) is 0 Å². The first-order valence-electron chi connectivity index (χ1n) is 5.09. The molecule has 1 unspecified atom stereocenters. The van der Waals surface area contributed by atoms with Crippen molar-refractivity contribution in [2.75, 3.05) is 17.7 Å². The van der Waals surface area contributed by atoms with Gasteiger partial charge in [-0.2, -0.15) is 0 Å². The monoisotopic (exact) mass is 271 g/mol. The Morgan fingerprint density at radius 1 is 1.35 bits per heavy atom. The largest absolute Gasteiger partial charge is 0.390 e. The summed E-state index contributed by atoms with van der Waals surface area (Å²) in [4.78, 5) is 8.02. The van der Waals surface area contributed by atoms with Gasteiger partial charge in [0, 0.05) is 17.6 Å². The van der Waals surface area contributed by atoms with Crippen LogP contribution in [0.2, 0.25) is 5.15 Å². The van der Waals surface area contributed by atoms with Crippen molar-refractivity contribution in [2.24, 2.45) is 0 Å². The molecule has 2 N–H and O–H groups in total. The Labute approximate surface area is 109 Å². The van der Waals surface area contributed by atoms with Crippen molar-refractivity contribution in [1.82, 2.24) is 9.97 Å². The Morgan fingerprint density at radius 2 is 2.18 bits per heavy atom. The van der Waals surface area contributed by atoms with E-state index < -0.39 is 6.10 Å². The fourth-order valence-electron chi connectivity index (χ4n) is 1.43. The van der Waals surface area contributed by atoms with Crippen LogP contribution in [-0.4, -0.2) is 33.6 Å². The van der Waals surface area contributed by atoms with E-state index in [9.17, 15) is 5.11 Å². The van der Waals surface area contributed by atoms with E-state index >= 15 is 0 Å². The van der Waals surface area contributed by atoms with Crippen LogP contribution in [0.25, 0.3) is 10.9 Å². The van der Waals surface area contributed by atoms with E-state index in [0.29, 0.717) is 11.7 Å². The van der Waals surface area contributed by atoms with Gasteiger partial charge < -0.3 is 10.4 Å². The lowest BCUT2D eigenvalue weighted by molar-refractivity contribution is 0.211. The molecule has 0 aliphatic heterocycles. The predicted molar refractivity (Wildman–Crippen MR) is 69.8 cm³/mol. The van der Waals surface area contributed by atoms with Crippen molar-refractivity contribution in [1.29, 1.82) is 0 Å². The van der Waals surface area contributed by atoms with Gasteiger partial charge >= 0.3 is 0 Å². The zero-order valence-corrected chi connectivity index (χ0v) is 10.4. The number of aliphatic hydroxyl groups excluding tert-OH is 1. The van der Waals surface area contributed by atoms with E-state index in [4.69, 9.17) is 23.2 Å². The maximum absolute atomic E-state index is 9.34. The molecule has 17 heavy (non-hydrogen) atoms. The van der Waals surface area contributed by atoms with Crippen molar-refractivity contribution in [2.45, 2.75) is 6.10 Å². The number of hydrogen-bond donors (Lipinski definition) is 2. The lowest BCUT2D eigenvalue weighted by Gasteiger charge is -2.10. The molecule has 2 rings (SSSR count). The first-order chi connectivity index (χ1) is 8.20. The predicted octanol–water partition coefficient (Wildman–Crippen LogP) is 2.29. The van der Waals surface area contributed by atoms with Gasteiger partial charge in [0.05, 0.1) is 17.5 Å². The smallest absolute Gasteiger partial charge is 0.140 e. The summed E-state index contributed by atoms with van der Waals surface area (Å²) >= 11 is 11.5. The maximum Gasteiger partial charge on any atom is 0.140 e. The summed E-state index contributed by atoms with van der Waals surface area (Å²) in [5.74, 6) is 0.199. The number of alkyl halides is 1. The van der Waals surface area contributed by atoms with Crippen LogP contribution in [0.5, 0.6) is 0 Å². The highest BCUT2D eigenvalue weighted by Crippen LogP contribution is 2.22. The van der Waals surface area contributed by atoms with Gasteiger partial charge in [-0.1, -0.05) is 11.6 Å². The number of hydrogen-bond acceptors (Lipinski definition) is 4. The minimum absolute atomic E-state index is 0.199. The molecule has 0 radical (unpaired) electrons. The molecule has 0 saturated heterocycles. The van der Waals surface area contributed by atoms with E-state index in [-0.39, 0.29) is 5.88 Å². The summed E-state index contributed by atoms with van der Waals surface area (Å²) < 4.78 is 0. The molecular weight excluding hydrogens is 261 g/mol. The molecule has 0 aliphatic carbocycles. The molecule has 1 aromatic heterocycles. The summed E-state index contributed by atoms with van der Waals surface area (Å²) in [6.07, 6.45) is 0.851. The maximum atomic E-state index is 9.34. The molecule has 1 aromatic carbocycles. The average molecular weight is 272 g/mol. The SMILES string of the molecule is OC(CCl)CNc1ccc2ncnc(Cl)c2c1. The standard InChI is InChI=1S/C11H11Cl2N3O/c12-4-8(17)5-14-7-1-2-10-9(3-7)11(13)16-6-15-10/h1-3,6,8,14,17H,4-5H2. The van der Waals surface area contributed by atoms with Gasteiger partial charge in [-0.15, -0.1) is 11.6 Å². The normalized spacial score (nSPS) is 12.6. The van der Waals surface area contributed by atoms with Crippen LogP contribution in [-0.2, 0) is 0 Å². The van der Waals surface area contributed by atoms with E-state index in [1.165, 1.54) is 6.33 Å². The van der Waals surface area contributed by atoms with Crippen LogP contribution in [0, 0.1) is 0 Å². The van der Waals surface area contributed by atoms with E-state index in [0.717, 1.165) is 16.6 Å². The summed E-state index contributed by atoms with van der Waals surface area (Å²) in [5.41, 5.74) is 1.63. The zero-order valence-electron chi connectivity index (χ0n) is 8.90. The van der Waals surface area contributed by atoms with Gasteiger partial charge in [0.2, 0.25) is 0 Å². The molecule has 1 heterocycles. The third-order valence-electron chi connectivity index (χ3n) is 2.31. The van der Waals surface area contributed by atoms with Crippen molar-refractivity contribution in [3.8, 4) is 0 Å². The molecule has 0 amide bonds. The van der Waals surface area contributed by atoms with Gasteiger partial charge in [-0.25, -0.2) is 9.97 Å². The first kappa shape index (κ1) is 12.4. The Morgan fingerprint density at radius 3 is 2.94 bits per heavy atom. The van der Waals surface area contributed by atoms with Crippen molar-refractivity contribution in [3.05, 3.63) is 29.7 Å². The molecule has 1 atom stereocenters. The number of rotatable bonds is 4. The lowest BCUT2D eigenvalue weighted by Crippen LogP contribution is -2.20. The molecule has 0 bridgehead atoms. The van der Waals surface area contributed by atoms with Gasteiger partial charge in [0.15, 0.2) is 0 Å².